The Kier molecular flexibility index (Phi) is 5.56. The second-order valence-corrected chi connectivity index (χ2v) is 8.78. The maximum absolute atomic E-state index is 11.2. The Morgan fingerprint density at radius 2 is 1.94 bits per heavy atom. The highest BCUT2D eigenvalue weighted by Gasteiger charge is 2.27. The Balaban J connectivity index is 1.50. The van der Waals surface area contributed by atoms with Crippen LogP contribution in [0.5, 0.6) is 0 Å². The first kappa shape index (κ1) is 21.7. The third-order valence-electron chi connectivity index (χ3n) is 6.08. The fraction of sp³-hybridized carbons (Fsp3) is 0.364. The van der Waals surface area contributed by atoms with Gasteiger partial charge >= 0.3 is 6.09 Å². The number of benzene rings is 1. The maximum Gasteiger partial charge on any atom is 0.407 e. The van der Waals surface area contributed by atoms with E-state index >= 15 is 0 Å². The second kappa shape index (κ2) is 8.69. The summed E-state index contributed by atoms with van der Waals surface area (Å²) < 4.78 is 1.42. The first-order valence-electron chi connectivity index (χ1n) is 10.9. The maximum atomic E-state index is 11.2. The van der Waals surface area contributed by atoms with Gasteiger partial charge in [-0.3, -0.25) is 0 Å². The number of carboxylic acid groups (broad SMARTS) is 1. The Hall–Kier alpha value is -4.09. The first-order valence-corrected chi connectivity index (χ1v) is 11.3. The number of carbonyl (C=O) groups is 1. The molecule has 3 N–H and O–H groups in total. The van der Waals surface area contributed by atoms with E-state index in [1.807, 2.05) is 0 Å². The minimum absolute atomic E-state index is 0.0197. The molecule has 0 spiro atoms. The minimum Gasteiger partial charge on any atom is -0.465 e. The van der Waals surface area contributed by atoms with Crippen molar-refractivity contribution in [3.63, 3.8) is 0 Å². The largest absolute Gasteiger partial charge is 0.465 e. The summed E-state index contributed by atoms with van der Waals surface area (Å²) in [6.45, 7) is 0.812. The molecule has 1 saturated heterocycles. The van der Waals surface area contributed by atoms with Gasteiger partial charge in [0.25, 0.3) is 0 Å². The summed E-state index contributed by atoms with van der Waals surface area (Å²) >= 11 is 6.77. The number of nitrogens with zero attached hydrogens (tertiary/aromatic N) is 7. The molecule has 3 heterocycles. The number of halogens is 1. The number of nitriles is 2. The van der Waals surface area contributed by atoms with Gasteiger partial charge in [0.1, 0.15) is 6.07 Å². The molecular weight excluding hydrogens is 458 g/mol. The highest BCUT2D eigenvalue weighted by molar-refractivity contribution is 6.34. The zero-order valence-corrected chi connectivity index (χ0v) is 18.7. The summed E-state index contributed by atoms with van der Waals surface area (Å²) in [5.41, 5.74) is 2.39. The molecule has 1 aliphatic carbocycles. The lowest BCUT2D eigenvalue weighted by Gasteiger charge is -2.31. The number of fused-ring (bicyclic) bond motifs is 1. The van der Waals surface area contributed by atoms with E-state index < -0.39 is 6.09 Å². The van der Waals surface area contributed by atoms with E-state index in [1.54, 1.807) is 12.1 Å². The molecule has 1 aromatic carbocycles. The lowest BCUT2D eigenvalue weighted by Crippen LogP contribution is -2.36. The van der Waals surface area contributed by atoms with Crippen molar-refractivity contribution in [1.82, 2.24) is 24.5 Å². The van der Waals surface area contributed by atoms with Crippen LogP contribution in [0.2, 0.25) is 5.02 Å². The van der Waals surface area contributed by atoms with Crippen molar-refractivity contribution in [2.75, 3.05) is 23.7 Å². The molecule has 3 aromatic rings. The van der Waals surface area contributed by atoms with Crippen LogP contribution in [0, 0.1) is 22.7 Å². The summed E-state index contributed by atoms with van der Waals surface area (Å²) in [6.07, 6.45) is 3.79. The van der Waals surface area contributed by atoms with Crippen molar-refractivity contribution in [3.05, 3.63) is 40.2 Å². The van der Waals surface area contributed by atoms with Crippen LogP contribution in [0.3, 0.4) is 0 Å². The van der Waals surface area contributed by atoms with E-state index in [0.29, 0.717) is 59.7 Å². The Morgan fingerprint density at radius 1 is 1.18 bits per heavy atom. The molecule has 1 saturated carbocycles. The van der Waals surface area contributed by atoms with E-state index in [9.17, 15) is 20.4 Å². The fourth-order valence-electron chi connectivity index (χ4n) is 4.13. The molecule has 0 bridgehead atoms. The van der Waals surface area contributed by atoms with Crippen molar-refractivity contribution < 1.29 is 9.90 Å². The highest BCUT2D eigenvalue weighted by Crippen LogP contribution is 2.38. The number of nitrogens with one attached hydrogen (secondary N) is 2. The zero-order valence-electron chi connectivity index (χ0n) is 18.0. The number of imidazole rings is 1. The molecule has 2 aliphatic rings. The molecule has 1 amide bonds. The number of aromatic nitrogens is 4. The van der Waals surface area contributed by atoms with Crippen LogP contribution >= 0.6 is 11.6 Å². The number of anilines is 3. The van der Waals surface area contributed by atoms with Gasteiger partial charge in [0.05, 0.1) is 28.5 Å². The molecule has 172 valence electrons. The molecule has 12 heteroatoms. The molecule has 0 unspecified atom stereocenters. The predicted octanol–water partition coefficient (Wildman–Crippen LogP) is 3.70. The second-order valence-electron chi connectivity index (χ2n) is 8.40. The van der Waals surface area contributed by atoms with Crippen LogP contribution < -0.4 is 10.6 Å². The van der Waals surface area contributed by atoms with Gasteiger partial charge in [-0.2, -0.15) is 20.0 Å². The third-order valence-corrected chi connectivity index (χ3v) is 6.50. The van der Waals surface area contributed by atoms with Crippen molar-refractivity contribution in [1.29, 1.82) is 10.5 Å². The number of rotatable bonds is 5. The first-order chi connectivity index (χ1) is 16.5. The van der Waals surface area contributed by atoms with Crippen LogP contribution in [0.15, 0.2) is 18.3 Å². The van der Waals surface area contributed by atoms with Gasteiger partial charge in [-0.25, -0.2) is 9.78 Å². The molecule has 1 aliphatic heterocycles. The average molecular weight is 478 g/mol. The van der Waals surface area contributed by atoms with Crippen molar-refractivity contribution >= 4 is 40.8 Å². The fourth-order valence-corrected chi connectivity index (χ4v) is 4.44. The zero-order chi connectivity index (χ0) is 23.8. The predicted molar refractivity (Wildman–Crippen MR) is 123 cm³/mol. The molecule has 0 radical (unpaired) electrons. The van der Waals surface area contributed by atoms with Gasteiger partial charge in [-0.05, 0) is 49.3 Å². The van der Waals surface area contributed by atoms with E-state index in [1.165, 1.54) is 15.6 Å². The van der Waals surface area contributed by atoms with Crippen LogP contribution in [-0.4, -0.2) is 54.8 Å². The Bertz CT molecular complexity index is 1360. The highest BCUT2D eigenvalue weighted by atomic mass is 35.5. The number of hydrogen-bond donors (Lipinski definition) is 3. The third kappa shape index (κ3) is 4.14. The number of amides is 1. The van der Waals surface area contributed by atoms with Crippen molar-refractivity contribution in [2.45, 2.75) is 37.6 Å². The van der Waals surface area contributed by atoms with E-state index in [2.05, 4.69) is 37.8 Å². The van der Waals surface area contributed by atoms with Gasteiger partial charge in [-0.15, -0.1) is 5.10 Å². The van der Waals surface area contributed by atoms with E-state index in [4.69, 9.17) is 11.6 Å². The van der Waals surface area contributed by atoms with Crippen LogP contribution in [0.4, 0.5) is 22.2 Å². The minimum atomic E-state index is -0.933. The summed E-state index contributed by atoms with van der Waals surface area (Å²) in [5, 5.41) is 39.5. The van der Waals surface area contributed by atoms with Crippen LogP contribution in [0.1, 0.15) is 48.4 Å². The van der Waals surface area contributed by atoms with Gasteiger partial charge < -0.3 is 20.6 Å². The molecule has 11 nitrogen and oxygen atoms in total. The molecule has 2 fully saturated rings. The molecule has 2 aromatic heterocycles. The molecule has 34 heavy (non-hydrogen) atoms. The summed E-state index contributed by atoms with van der Waals surface area (Å²) in [5.74, 6) is 0.732. The van der Waals surface area contributed by atoms with Gasteiger partial charge in [0, 0.05) is 19.1 Å². The summed E-state index contributed by atoms with van der Waals surface area (Å²) in [6, 6.07) is 7.92. The molecule has 5 rings (SSSR count). The lowest BCUT2D eigenvalue weighted by atomic mass is 9.88. The van der Waals surface area contributed by atoms with Crippen molar-refractivity contribution in [2.24, 2.45) is 0 Å². The smallest absolute Gasteiger partial charge is 0.407 e. The van der Waals surface area contributed by atoms with Gasteiger partial charge in [0.2, 0.25) is 5.95 Å². The van der Waals surface area contributed by atoms with E-state index in [0.717, 1.165) is 18.4 Å². The SMILES string of the molecule is N#Cc1cc(Nc2nc(NC3CC3)c3ncc(C#N)n3n2)c(Cl)c(C2CCN(C(=O)O)CC2)c1. The summed E-state index contributed by atoms with van der Waals surface area (Å²) in [7, 11) is 0. The molecule has 0 atom stereocenters. The number of hydrogen-bond acceptors (Lipinski definition) is 8. The Morgan fingerprint density at radius 3 is 2.59 bits per heavy atom. The number of piperidine rings is 1. The monoisotopic (exact) mass is 477 g/mol. The Labute approximate surface area is 199 Å². The van der Waals surface area contributed by atoms with Crippen molar-refractivity contribution in [3.8, 4) is 12.1 Å². The van der Waals surface area contributed by atoms with Gasteiger partial charge in [0.15, 0.2) is 17.2 Å². The molecular formula is C22H20ClN9O2. The van der Waals surface area contributed by atoms with E-state index in [-0.39, 0.29) is 17.6 Å². The topological polar surface area (TPSA) is 155 Å². The normalized spacial score (nSPS) is 16.1. The standard InChI is InChI=1S/C22H20ClN9O2/c23-18-16(13-3-5-31(6-4-13)22(33)34)7-12(9-24)8-17(18)28-21-29-19(27-14-1-2-14)20-26-11-15(10-25)32(20)30-21/h7-8,11,13-14H,1-6H2,(H,33,34)(H2,27,28,29,30). The van der Waals surface area contributed by atoms with Crippen LogP contribution in [0.25, 0.3) is 5.65 Å². The summed E-state index contributed by atoms with van der Waals surface area (Å²) in [4.78, 5) is 21.4. The lowest BCUT2D eigenvalue weighted by molar-refractivity contribution is 0.132. The van der Waals surface area contributed by atoms with Gasteiger partial charge in [-0.1, -0.05) is 11.6 Å². The van der Waals surface area contributed by atoms with Crippen LogP contribution in [-0.2, 0) is 0 Å². The quantitative estimate of drug-likeness (QED) is 0.498. The number of likely N-dealkylation sites (tertiary alicyclic amines) is 1. The average Bonchev–Trinajstić information content (AvgIpc) is 3.56.